The van der Waals surface area contributed by atoms with Gasteiger partial charge < -0.3 is 5.32 Å². The van der Waals surface area contributed by atoms with Gasteiger partial charge in [-0.25, -0.2) is 4.98 Å². The Hall–Kier alpha value is -1.82. The monoisotopic (exact) mass is 330 g/mol. The summed E-state index contributed by atoms with van der Waals surface area (Å²) in [5.41, 5.74) is 1.19. The van der Waals surface area contributed by atoms with Gasteiger partial charge in [-0.15, -0.1) is 5.10 Å². The zero-order chi connectivity index (χ0) is 15.9. The number of aromatic amines is 1. The van der Waals surface area contributed by atoms with Crippen molar-refractivity contribution in [3.05, 3.63) is 41.7 Å². The molecule has 2 N–H and O–H groups in total. The molecule has 3 rings (SSSR count). The summed E-state index contributed by atoms with van der Waals surface area (Å²) in [6.45, 7) is 0. The second-order valence-corrected chi connectivity index (χ2v) is 6.86. The van der Waals surface area contributed by atoms with Gasteiger partial charge in [0.15, 0.2) is 0 Å². The second kappa shape index (κ2) is 8.15. The fourth-order valence-electron chi connectivity index (χ4n) is 2.86. The number of nitrogens with zero attached hydrogens (tertiary/aromatic N) is 2. The lowest BCUT2D eigenvalue weighted by Crippen LogP contribution is -2.37. The van der Waals surface area contributed by atoms with E-state index in [1.54, 1.807) is 0 Å². The molecule has 1 amide bonds. The molecule has 6 heteroatoms. The first-order valence-electron chi connectivity index (χ1n) is 8.17. The highest BCUT2D eigenvalue weighted by Crippen LogP contribution is 2.18. The van der Waals surface area contributed by atoms with Crippen LogP contribution >= 0.6 is 11.8 Å². The molecule has 0 saturated heterocycles. The summed E-state index contributed by atoms with van der Waals surface area (Å²) in [4.78, 5) is 16.4. The van der Waals surface area contributed by atoms with E-state index in [4.69, 9.17) is 0 Å². The van der Waals surface area contributed by atoms with Crippen LogP contribution in [0.1, 0.15) is 43.5 Å². The van der Waals surface area contributed by atoms with E-state index in [1.165, 1.54) is 36.6 Å². The summed E-state index contributed by atoms with van der Waals surface area (Å²) in [5, 5.41) is 10.9. The van der Waals surface area contributed by atoms with E-state index in [0.717, 1.165) is 25.1 Å². The molecule has 1 aromatic carbocycles. The summed E-state index contributed by atoms with van der Waals surface area (Å²) in [7, 11) is 0. The van der Waals surface area contributed by atoms with Crippen molar-refractivity contribution in [1.82, 2.24) is 20.5 Å². The molecule has 1 saturated carbocycles. The summed E-state index contributed by atoms with van der Waals surface area (Å²) >= 11 is 1.38. The molecule has 1 aliphatic rings. The summed E-state index contributed by atoms with van der Waals surface area (Å²) < 4.78 is 0. The number of hydrogen-bond acceptors (Lipinski definition) is 4. The molecule has 0 bridgehead atoms. The Morgan fingerprint density at radius 1 is 1.22 bits per heavy atom. The van der Waals surface area contributed by atoms with E-state index in [2.05, 4.69) is 32.6 Å². The normalized spacial score (nSPS) is 15.5. The number of carbonyl (C=O) groups excluding carboxylic acids is 1. The number of amides is 1. The number of rotatable bonds is 6. The van der Waals surface area contributed by atoms with Gasteiger partial charge in [0, 0.05) is 12.5 Å². The third-order valence-corrected chi connectivity index (χ3v) is 4.88. The smallest absolute Gasteiger partial charge is 0.230 e. The molecule has 1 aromatic heterocycles. The number of nitrogens with one attached hydrogen (secondary N) is 2. The molecule has 2 aromatic rings. The maximum atomic E-state index is 12.0. The molecular formula is C17H22N4OS. The predicted octanol–water partition coefficient (Wildman–Crippen LogP) is 2.94. The maximum Gasteiger partial charge on any atom is 0.230 e. The quantitative estimate of drug-likeness (QED) is 0.799. The molecule has 0 unspecified atom stereocenters. The van der Waals surface area contributed by atoms with Gasteiger partial charge in [0.2, 0.25) is 11.1 Å². The minimum Gasteiger partial charge on any atom is -0.353 e. The standard InChI is InChI=1S/C17H22N4OS/c22-16(18-14-9-5-2-6-10-14)12-23-17-19-15(20-21-17)11-13-7-3-1-4-8-13/h1,3-4,7-8,14H,2,5-6,9-12H2,(H,18,22)(H,19,20,21). The number of benzene rings is 1. The lowest BCUT2D eigenvalue weighted by Gasteiger charge is -2.22. The van der Waals surface area contributed by atoms with Crippen molar-refractivity contribution in [2.24, 2.45) is 0 Å². The predicted molar refractivity (Wildman–Crippen MR) is 91.4 cm³/mol. The number of aromatic nitrogens is 3. The van der Waals surface area contributed by atoms with E-state index >= 15 is 0 Å². The average molecular weight is 330 g/mol. The topological polar surface area (TPSA) is 70.7 Å². The maximum absolute atomic E-state index is 12.0. The van der Waals surface area contributed by atoms with Crippen molar-refractivity contribution < 1.29 is 4.79 Å². The first-order valence-corrected chi connectivity index (χ1v) is 9.15. The van der Waals surface area contributed by atoms with Gasteiger partial charge in [-0.2, -0.15) is 0 Å². The number of carbonyl (C=O) groups is 1. The van der Waals surface area contributed by atoms with Gasteiger partial charge in [0.05, 0.1) is 5.75 Å². The first kappa shape index (κ1) is 16.1. The zero-order valence-corrected chi connectivity index (χ0v) is 13.9. The average Bonchev–Trinajstić information content (AvgIpc) is 3.02. The second-order valence-electron chi connectivity index (χ2n) is 5.92. The lowest BCUT2D eigenvalue weighted by molar-refractivity contribution is -0.119. The van der Waals surface area contributed by atoms with Crippen LogP contribution in [0.5, 0.6) is 0 Å². The van der Waals surface area contributed by atoms with Crippen LogP contribution in [-0.4, -0.2) is 32.9 Å². The Bertz CT molecular complexity index is 623. The highest BCUT2D eigenvalue weighted by Gasteiger charge is 2.16. The van der Waals surface area contributed by atoms with Gasteiger partial charge in [-0.05, 0) is 18.4 Å². The SMILES string of the molecule is O=C(CSc1n[nH]c(Cc2ccccc2)n1)NC1CCCCC1. The molecular weight excluding hydrogens is 308 g/mol. The summed E-state index contributed by atoms with van der Waals surface area (Å²) in [6.07, 6.45) is 6.69. The van der Waals surface area contributed by atoms with Crippen LogP contribution in [-0.2, 0) is 11.2 Å². The Kier molecular flexibility index (Phi) is 5.69. The molecule has 1 heterocycles. The van der Waals surface area contributed by atoms with Crippen molar-refractivity contribution in [3.8, 4) is 0 Å². The molecule has 5 nitrogen and oxygen atoms in total. The van der Waals surface area contributed by atoms with Crippen LogP contribution < -0.4 is 5.32 Å². The van der Waals surface area contributed by atoms with Crippen molar-refractivity contribution in [1.29, 1.82) is 0 Å². The highest BCUT2D eigenvalue weighted by atomic mass is 32.2. The molecule has 23 heavy (non-hydrogen) atoms. The van der Waals surface area contributed by atoms with Crippen molar-refractivity contribution in [2.45, 2.75) is 49.7 Å². The highest BCUT2D eigenvalue weighted by molar-refractivity contribution is 7.99. The van der Waals surface area contributed by atoms with Crippen LogP contribution in [0.3, 0.4) is 0 Å². The lowest BCUT2D eigenvalue weighted by atomic mass is 9.95. The molecule has 0 aliphatic heterocycles. The van der Waals surface area contributed by atoms with Crippen LogP contribution in [0, 0.1) is 0 Å². The van der Waals surface area contributed by atoms with E-state index in [1.807, 2.05) is 18.2 Å². The number of hydrogen-bond donors (Lipinski definition) is 2. The first-order chi connectivity index (χ1) is 11.3. The molecule has 0 spiro atoms. The molecule has 1 aliphatic carbocycles. The third-order valence-electron chi connectivity index (χ3n) is 4.03. The fraction of sp³-hybridized carbons (Fsp3) is 0.471. The zero-order valence-electron chi connectivity index (χ0n) is 13.1. The van der Waals surface area contributed by atoms with Crippen LogP contribution in [0.4, 0.5) is 0 Å². The van der Waals surface area contributed by atoms with Crippen LogP contribution in [0.15, 0.2) is 35.5 Å². The van der Waals surface area contributed by atoms with Crippen LogP contribution in [0.2, 0.25) is 0 Å². The third kappa shape index (κ3) is 5.10. The molecule has 1 fully saturated rings. The fourth-order valence-corrected chi connectivity index (χ4v) is 3.49. The molecule has 0 radical (unpaired) electrons. The summed E-state index contributed by atoms with van der Waals surface area (Å²) in [6, 6.07) is 10.5. The van der Waals surface area contributed by atoms with Gasteiger partial charge >= 0.3 is 0 Å². The minimum absolute atomic E-state index is 0.0799. The molecule has 122 valence electrons. The Labute approximate surface area is 140 Å². The van der Waals surface area contributed by atoms with Crippen molar-refractivity contribution in [3.63, 3.8) is 0 Å². The van der Waals surface area contributed by atoms with E-state index in [9.17, 15) is 4.79 Å². The van der Waals surface area contributed by atoms with E-state index in [0.29, 0.717) is 17.0 Å². The Morgan fingerprint density at radius 2 is 2.00 bits per heavy atom. The Morgan fingerprint density at radius 3 is 2.78 bits per heavy atom. The van der Waals surface area contributed by atoms with Crippen LogP contribution in [0.25, 0.3) is 0 Å². The number of H-pyrrole nitrogens is 1. The van der Waals surface area contributed by atoms with Gasteiger partial charge in [0.1, 0.15) is 5.82 Å². The minimum atomic E-state index is 0.0799. The Balaban J connectivity index is 1.44. The van der Waals surface area contributed by atoms with Gasteiger partial charge in [0.25, 0.3) is 0 Å². The molecule has 0 atom stereocenters. The van der Waals surface area contributed by atoms with Gasteiger partial charge in [-0.1, -0.05) is 61.4 Å². The van der Waals surface area contributed by atoms with E-state index < -0.39 is 0 Å². The number of thioether (sulfide) groups is 1. The van der Waals surface area contributed by atoms with E-state index in [-0.39, 0.29) is 5.91 Å². The summed E-state index contributed by atoms with van der Waals surface area (Å²) in [5.74, 6) is 1.28. The largest absolute Gasteiger partial charge is 0.353 e. The van der Waals surface area contributed by atoms with Crippen molar-refractivity contribution >= 4 is 17.7 Å². The van der Waals surface area contributed by atoms with Crippen molar-refractivity contribution in [2.75, 3.05) is 5.75 Å². The van der Waals surface area contributed by atoms with Gasteiger partial charge in [-0.3, -0.25) is 9.89 Å².